The van der Waals surface area contributed by atoms with Crippen LogP contribution in [0.5, 0.6) is 5.75 Å². The molecular weight excluding hydrogens is 334 g/mol. The molecule has 0 fully saturated rings. The maximum atomic E-state index is 11.2. The molecule has 1 atom stereocenters. The molecule has 2 rings (SSSR count). The standard InChI is InChI=1S/C16H16BrNO3/c1-20-16(19)15(17)11-21-14-9-7-13(8-10-14)18-12-5-3-2-4-6-12/h2-10,15,18H,11H2,1H3. The third-order valence-corrected chi connectivity index (χ3v) is 3.41. The number of carbonyl (C=O) groups excluding carboxylic acids is 1. The summed E-state index contributed by atoms with van der Waals surface area (Å²) in [6, 6.07) is 17.5. The summed E-state index contributed by atoms with van der Waals surface area (Å²) in [7, 11) is 1.35. The van der Waals surface area contributed by atoms with Crippen LogP contribution < -0.4 is 10.1 Å². The lowest BCUT2D eigenvalue weighted by molar-refractivity contribution is -0.140. The number of rotatable bonds is 6. The van der Waals surface area contributed by atoms with Gasteiger partial charge in [-0.15, -0.1) is 0 Å². The Kier molecular flexibility index (Phi) is 5.63. The zero-order valence-corrected chi connectivity index (χ0v) is 13.2. The number of methoxy groups -OCH3 is 1. The Balaban J connectivity index is 1.89. The second-order valence-electron chi connectivity index (χ2n) is 4.32. The fraction of sp³-hybridized carbons (Fsp3) is 0.188. The summed E-state index contributed by atoms with van der Waals surface area (Å²) < 4.78 is 10.1. The lowest BCUT2D eigenvalue weighted by atomic mass is 10.2. The molecule has 0 aliphatic heterocycles. The minimum atomic E-state index is -0.468. The molecule has 2 aromatic rings. The van der Waals surface area contributed by atoms with Crippen molar-refractivity contribution in [1.82, 2.24) is 0 Å². The topological polar surface area (TPSA) is 47.6 Å². The van der Waals surface area contributed by atoms with Gasteiger partial charge < -0.3 is 14.8 Å². The van der Waals surface area contributed by atoms with E-state index in [1.54, 1.807) is 0 Å². The number of ether oxygens (including phenoxy) is 2. The van der Waals surface area contributed by atoms with E-state index in [2.05, 4.69) is 26.0 Å². The fourth-order valence-corrected chi connectivity index (χ4v) is 2.01. The van der Waals surface area contributed by atoms with Crippen LogP contribution in [0.4, 0.5) is 11.4 Å². The molecule has 0 heterocycles. The van der Waals surface area contributed by atoms with Crippen molar-refractivity contribution in [2.75, 3.05) is 19.0 Å². The quantitative estimate of drug-likeness (QED) is 0.637. The molecule has 0 saturated heterocycles. The summed E-state index contributed by atoms with van der Waals surface area (Å²) in [5, 5.41) is 3.28. The molecule has 0 spiro atoms. The molecule has 0 bridgehead atoms. The highest BCUT2D eigenvalue weighted by Crippen LogP contribution is 2.20. The second kappa shape index (κ2) is 7.69. The van der Waals surface area contributed by atoms with Crippen molar-refractivity contribution in [3.63, 3.8) is 0 Å². The number of hydrogen-bond donors (Lipinski definition) is 1. The molecule has 0 saturated carbocycles. The number of carbonyl (C=O) groups is 1. The summed E-state index contributed by atoms with van der Waals surface area (Å²) in [6.07, 6.45) is 0. The predicted molar refractivity (Wildman–Crippen MR) is 86.4 cm³/mol. The average molecular weight is 350 g/mol. The van der Waals surface area contributed by atoms with Crippen molar-refractivity contribution in [2.45, 2.75) is 4.83 Å². The summed E-state index contributed by atoms with van der Waals surface area (Å²) >= 11 is 3.21. The van der Waals surface area contributed by atoms with Gasteiger partial charge in [0.2, 0.25) is 0 Å². The van der Waals surface area contributed by atoms with Gasteiger partial charge in [0.1, 0.15) is 17.2 Å². The van der Waals surface area contributed by atoms with Gasteiger partial charge in [-0.25, -0.2) is 0 Å². The third-order valence-electron chi connectivity index (χ3n) is 2.77. The molecule has 0 amide bonds. The lowest BCUT2D eigenvalue weighted by Gasteiger charge is -2.11. The molecule has 21 heavy (non-hydrogen) atoms. The first-order valence-corrected chi connectivity index (χ1v) is 7.37. The van der Waals surface area contributed by atoms with Crippen LogP contribution in [-0.2, 0) is 9.53 Å². The van der Waals surface area contributed by atoms with Gasteiger partial charge in [0.05, 0.1) is 7.11 Å². The van der Waals surface area contributed by atoms with E-state index in [0.29, 0.717) is 5.75 Å². The SMILES string of the molecule is COC(=O)C(Br)COc1ccc(Nc2ccccc2)cc1. The van der Waals surface area contributed by atoms with Gasteiger partial charge in [-0.2, -0.15) is 0 Å². The van der Waals surface area contributed by atoms with Crippen molar-refractivity contribution >= 4 is 33.3 Å². The highest BCUT2D eigenvalue weighted by molar-refractivity contribution is 9.10. The Hall–Kier alpha value is -2.01. The molecule has 4 nitrogen and oxygen atoms in total. The van der Waals surface area contributed by atoms with Crippen molar-refractivity contribution in [3.05, 3.63) is 54.6 Å². The van der Waals surface area contributed by atoms with Crippen molar-refractivity contribution in [3.8, 4) is 5.75 Å². The first-order chi connectivity index (χ1) is 10.2. The van der Waals surface area contributed by atoms with Crippen molar-refractivity contribution in [1.29, 1.82) is 0 Å². The normalized spacial score (nSPS) is 11.5. The molecule has 0 aliphatic rings. The highest BCUT2D eigenvalue weighted by Gasteiger charge is 2.15. The third kappa shape index (κ3) is 4.79. The minimum Gasteiger partial charge on any atom is -0.492 e. The molecule has 0 radical (unpaired) electrons. The van der Waals surface area contributed by atoms with Crippen LogP contribution >= 0.6 is 15.9 Å². The minimum absolute atomic E-state index is 0.220. The van der Waals surface area contributed by atoms with E-state index in [1.165, 1.54) is 7.11 Å². The smallest absolute Gasteiger partial charge is 0.322 e. The predicted octanol–water partition coefficient (Wildman–Crippen LogP) is 3.75. The maximum absolute atomic E-state index is 11.2. The van der Waals surface area contributed by atoms with Gasteiger partial charge in [-0.1, -0.05) is 34.1 Å². The number of esters is 1. The van der Waals surface area contributed by atoms with Gasteiger partial charge in [-0.3, -0.25) is 4.79 Å². The van der Waals surface area contributed by atoms with Gasteiger partial charge in [0, 0.05) is 11.4 Å². The molecule has 2 aromatic carbocycles. The first-order valence-electron chi connectivity index (χ1n) is 6.46. The lowest BCUT2D eigenvalue weighted by Crippen LogP contribution is -2.22. The largest absolute Gasteiger partial charge is 0.492 e. The Labute approximate surface area is 132 Å². The van der Waals surface area contributed by atoms with Crippen LogP contribution in [0, 0.1) is 0 Å². The van der Waals surface area contributed by atoms with E-state index in [9.17, 15) is 4.79 Å². The highest BCUT2D eigenvalue weighted by atomic mass is 79.9. The Bertz CT molecular complexity index is 572. The molecular formula is C16H16BrNO3. The Morgan fingerprint density at radius 3 is 2.33 bits per heavy atom. The van der Waals surface area contributed by atoms with E-state index >= 15 is 0 Å². The van der Waals surface area contributed by atoms with Crippen LogP contribution in [0.15, 0.2) is 54.6 Å². The molecule has 0 aliphatic carbocycles. The van der Waals surface area contributed by atoms with Crippen molar-refractivity contribution < 1.29 is 14.3 Å². The van der Waals surface area contributed by atoms with Crippen LogP contribution in [-0.4, -0.2) is 24.5 Å². The van der Waals surface area contributed by atoms with E-state index in [-0.39, 0.29) is 12.6 Å². The number of alkyl halides is 1. The first kappa shape index (κ1) is 15.4. The monoisotopic (exact) mass is 349 g/mol. The van der Waals surface area contributed by atoms with E-state index in [1.807, 2.05) is 54.6 Å². The molecule has 110 valence electrons. The van der Waals surface area contributed by atoms with E-state index < -0.39 is 4.83 Å². The van der Waals surface area contributed by atoms with Crippen LogP contribution in [0.25, 0.3) is 0 Å². The van der Waals surface area contributed by atoms with Crippen LogP contribution in [0.2, 0.25) is 0 Å². The van der Waals surface area contributed by atoms with Gasteiger partial charge in [0.15, 0.2) is 0 Å². The zero-order chi connectivity index (χ0) is 15.1. The second-order valence-corrected chi connectivity index (χ2v) is 5.42. The van der Waals surface area contributed by atoms with E-state index in [4.69, 9.17) is 4.74 Å². The average Bonchev–Trinajstić information content (AvgIpc) is 2.54. The summed E-state index contributed by atoms with van der Waals surface area (Å²) in [6.45, 7) is 0.220. The maximum Gasteiger partial charge on any atom is 0.322 e. The molecule has 5 heteroatoms. The molecule has 1 N–H and O–H groups in total. The van der Waals surface area contributed by atoms with E-state index in [0.717, 1.165) is 11.4 Å². The molecule has 0 aromatic heterocycles. The number of benzene rings is 2. The number of halogens is 1. The zero-order valence-electron chi connectivity index (χ0n) is 11.6. The fourth-order valence-electron chi connectivity index (χ4n) is 1.69. The van der Waals surface area contributed by atoms with Crippen molar-refractivity contribution in [2.24, 2.45) is 0 Å². The van der Waals surface area contributed by atoms with Gasteiger partial charge >= 0.3 is 5.97 Å². The number of anilines is 2. The number of hydrogen-bond acceptors (Lipinski definition) is 4. The Morgan fingerprint density at radius 2 is 1.71 bits per heavy atom. The summed E-state index contributed by atoms with van der Waals surface area (Å²) in [5.41, 5.74) is 1.99. The summed E-state index contributed by atoms with van der Waals surface area (Å²) in [5.74, 6) is 0.347. The Morgan fingerprint density at radius 1 is 1.10 bits per heavy atom. The number of nitrogens with one attached hydrogen (secondary N) is 1. The van der Waals surface area contributed by atoms with Gasteiger partial charge in [-0.05, 0) is 36.4 Å². The van der Waals surface area contributed by atoms with Crippen LogP contribution in [0.1, 0.15) is 0 Å². The summed E-state index contributed by atoms with van der Waals surface area (Å²) in [4.78, 5) is 10.8. The number of para-hydroxylation sites is 1. The molecule has 1 unspecified atom stereocenters. The van der Waals surface area contributed by atoms with Crippen LogP contribution in [0.3, 0.4) is 0 Å². The van der Waals surface area contributed by atoms with Gasteiger partial charge in [0.25, 0.3) is 0 Å².